The minimum atomic E-state index is -0.170. The third-order valence-electron chi connectivity index (χ3n) is 1.61. The van der Waals surface area contributed by atoms with Gasteiger partial charge in [-0.25, -0.2) is 4.68 Å². The highest BCUT2D eigenvalue weighted by Gasteiger charge is 1.96. The Kier molecular flexibility index (Phi) is 3.45. The molecule has 1 rings (SSSR count). The van der Waals surface area contributed by atoms with Crippen LogP contribution in [0, 0.1) is 0 Å². The summed E-state index contributed by atoms with van der Waals surface area (Å²) in [5.41, 5.74) is 5.61. The summed E-state index contributed by atoms with van der Waals surface area (Å²) in [5, 5.41) is 3.87. The van der Waals surface area contributed by atoms with E-state index in [4.69, 9.17) is 10.5 Å². The fourth-order valence-electron chi connectivity index (χ4n) is 0.974. The Hall–Kier alpha value is -1.36. The van der Waals surface area contributed by atoms with Gasteiger partial charge < -0.3 is 10.5 Å². The van der Waals surface area contributed by atoms with Gasteiger partial charge in [0.05, 0.1) is 11.9 Å². The smallest absolute Gasteiger partial charge is 0.268 e. The van der Waals surface area contributed by atoms with Gasteiger partial charge in [-0.2, -0.15) is 5.10 Å². The Labute approximate surface area is 76.1 Å². The van der Waals surface area contributed by atoms with Crippen molar-refractivity contribution in [3.8, 4) is 0 Å². The summed E-state index contributed by atoms with van der Waals surface area (Å²) in [5.74, 6) is 0. The number of aryl methyl sites for hydroxylation is 1. The zero-order chi connectivity index (χ0) is 9.68. The molecule has 2 N–H and O–H groups in total. The van der Waals surface area contributed by atoms with Crippen LogP contribution in [-0.2, 0) is 11.3 Å². The number of anilines is 1. The molecule has 0 bridgehead atoms. The molecule has 5 heteroatoms. The van der Waals surface area contributed by atoms with Crippen molar-refractivity contribution in [1.29, 1.82) is 0 Å². The number of nitrogens with zero attached hydrogens (tertiary/aromatic N) is 2. The molecule has 0 unspecified atom stereocenters. The van der Waals surface area contributed by atoms with Crippen molar-refractivity contribution in [2.45, 2.75) is 13.0 Å². The number of rotatable bonds is 4. The normalized spacial score (nSPS) is 10.2. The lowest BCUT2D eigenvalue weighted by molar-refractivity contribution is 0.188. The summed E-state index contributed by atoms with van der Waals surface area (Å²) in [4.78, 5) is 11.2. The number of hydrogen-bond donors (Lipinski definition) is 1. The molecule has 0 aliphatic rings. The van der Waals surface area contributed by atoms with Crippen LogP contribution >= 0.6 is 0 Å². The van der Waals surface area contributed by atoms with Gasteiger partial charge in [-0.3, -0.25) is 4.79 Å². The van der Waals surface area contributed by atoms with E-state index in [-0.39, 0.29) is 5.56 Å². The highest BCUT2D eigenvalue weighted by atomic mass is 16.5. The lowest BCUT2D eigenvalue weighted by atomic mass is 10.4. The molecule has 0 fully saturated rings. The van der Waals surface area contributed by atoms with Gasteiger partial charge in [0, 0.05) is 26.3 Å². The minimum Gasteiger partial charge on any atom is -0.397 e. The third-order valence-corrected chi connectivity index (χ3v) is 1.61. The maximum Gasteiger partial charge on any atom is 0.268 e. The molecule has 1 heterocycles. The zero-order valence-electron chi connectivity index (χ0n) is 7.56. The highest BCUT2D eigenvalue weighted by Crippen LogP contribution is 1.91. The molecule has 1 aromatic heterocycles. The van der Waals surface area contributed by atoms with E-state index in [2.05, 4.69) is 5.10 Å². The van der Waals surface area contributed by atoms with Crippen LogP contribution in [0.5, 0.6) is 0 Å². The van der Waals surface area contributed by atoms with Crippen LogP contribution in [0.2, 0.25) is 0 Å². The molecule has 1 aromatic rings. The molecule has 13 heavy (non-hydrogen) atoms. The molecular weight excluding hydrogens is 170 g/mol. The predicted molar refractivity (Wildman–Crippen MR) is 49.4 cm³/mol. The molecule has 0 aromatic carbocycles. The van der Waals surface area contributed by atoms with E-state index in [0.717, 1.165) is 6.42 Å². The van der Waals surface area contributed by atoms with Gasteiger partial charge in [-0.05, 0) is 6.42 Å². The van der Waals surface area contributed by atoms with Gasteiger partial charge in [0.1, 0.15) is 0 Å². The number of nitrogen functional groups attached to an aromatic ring is 1. The first kappa shape index (κ1) is 9.73. The molecule has 0 aliphatic carbocycles. The monoisotopic (exact) mass is 183 g/mol. The average Bonchev–Trinajstić information content (AvgIpc) is 2.09. The average molecular weight is 183 g/mol. The molecule has 0 aliphatic heterocycles. The zero-order valence-corrected chi connectivity index (χ0v) is 7.56. The Morgan fingerprint density at radius 3 is 3.08 bits per heavy atom. The summed E-state index contributed by atoms with van der Waals surface area (Å²) < 4.78 is 6.23. The molecule has 0 amide bonds. The van der Waals surface area contributed by atoms with Crippen molar-refractivity contribution >= 4 is 5.69 Å². The van der Waals surface area contributed by atoms with Crippen molar-refractivity contribution in [2.24, 2.45) is 0 Å². The first-order valence-electron chi connectivity index (χ1n) is 4.05. The fraction of sp³-hybridized carbons (Fsp3) is 0.500. The van der Waals surface area contributed by atoms with E-state index >= 15 is 0 Å². The van der Waals surface area contributed by atoms with Crippen molar-refractivity contribution in [3.63, 3.8) is 0 Å². The predicted octanol–water partition coefficient (Wildman–Crippen LogP) is -0.138. The van der Waals surface area contributed by atoms with Gasteiger partial charge >= 0.3 is 0 Å². The van der Waals surface area contributed by atoms with Crippen LogP contribution in [-0.4, -0.2) is 23.5 Å². The van der Waals surface area contributed by atoms with Crippen LogP contribution in [0.1, 0.15) is 6.42 Å². The van der Waals surface area contributed by atoms with E-state index in [1.165, 1.54) is 16.9 Å². The number of nitrogens with two attached hydrogens (primary N) is 1. The standard InChI is InChI=1S/C8H13N3O2/c1-13-4-2-3-11-8(12)5-7(9)6-10-11/h5-6H,2-4,9H2,1H3. The number of methoxy groups -OCH3 is 1. The molecule has 0 saturated heterocycles. The van der Waals surface area contributed by atoms with Crippen molar-refractivity contribution in [2.75, 3.05) is 19.5 Å². The molecular formula is C8H13N3O2. The largest absolute Gasteiger partial charge is 0.397 e. The molecule has 0 radical (unpaired) electrons. The first-order valence-corrected chi connectivity index (χ1v) is 4.05. The molecule has 0 spiro atoms. The summed E-state index contributed by atoms with van der Waals surface area (Å²) >= 11 is 0. The van der Waals surface area contributed by atoms with Crippen LogP contribution in [0.4, 0.5) is 5.69 Å². The second-order valence-electron chi connectivity index (χ2n) is 2.70. The maximum absolute atomic E-state index is 11.2. The van der Waals surface area contributed by atoms with E-state index in [1.54, 1.807) is 7.11 Å². The van der Waals surface area contributed by atoms with Crippen LogP contribution in [0.25, 0.3) is 0 Å². The fourth-order valence-corrected chi connectivity index (χ4v) is 0.974. The summed E-state index contributed by atoms with van der Waals surface area (Å²) in [6.07, 6.45) is 2.24. The van der Waals surface area contributed by atoms with E-state index in [9.17, 15) is 4.79 Å². The van der Waals surface area contributed by atoms with Crippen molar-refractivity contribution < 1.29 is 4.74 Å². The number of aromatic nitrogens is 2. The van der Waals surface area contributed by atoms with E-state index in [0.29, 0.717) is 18.8 Å². The first-order chi connectivity index (χ1) is 6.24. The summed E-state index contributed by atoms with van der Waals surface area (Å²) in [7, 11) is 1.62. The molecule has 0 saturated carbocycles. The van der Waals surface area contributed by atoms with Crippen LogP contribution in [0.3, 0.4) is 0 Å². The summed E-state index contributed by atoms with van der Waals surface area (Å²) in [6, 6.07) is 1.36. The topological polar surface area (TPSA) is 70.1 Å². The Balaban J connectivity index is 2.62. The number of ether oxygens (including phenoxy) is 1. The van der Waals surface area contributed by atoms with Gasteiger partial charge in [-0.1, -0.05) is 0 Å². The van der Waals surface area contributed by atoms with Crippen LogP contribution in [0.15, 0.2) is 17.1 Å². The quantitative estimate of drug-likeness (QED) is 0.660. The Morgan fingerprint density at radius 2 is 2.46 bits per heavy atom. The SMILES string of the molecule is COCCCn1ncc(N)cc1=O. The van der Waals surface area contributed by atoms with Crippen molar-refractivity contribution in [1.82, 2.24) is 9.78 Å². The summed E-state index contributed by atoms with van der Waals surface area (Å²) in [6.45, 7) is 1.19. The second kappa shape index (κ2) is 4.61. The molecule has 72 valence electrons. The van der Waals surface area contributed by atoms with Gasteiger partial charge in [0.15, 0.2) is 0 Å². The lowest BCUT2D eigenvalue weighted by Gasteiger charge is -2.02. The van der Waals surface area contributed by atoms with Gasteiger partial charge in [-0.15, -0.1) is 0 Å². The molecule has 5 nitrogen and oxygen atoms in total. The third kappa shape index (κ3) is 2.87. The number of hydrogen-bond acceptors (Lipinski definition) is 4. The maximum atomic E-state index is 11.2. The lowest BCUT2D eigenvalue weighted by Crippen LogP contribution is -2.22. The van der Waals surface area contributed by atoms with E-state index in [1.807, 2.05) is 0 Å². The van der Waals surface area contributed by atoms with Crippen molar-refractivity contribution in [3.05, 3.63) is 22.6 Å². The van der Waals surface area contributed by atoms with E-state index < -0.39 is 0 Å². The second-order valence-corrected chi connectivity index (χ2v) is 2.70. The van der Waals surface area contributed by atoms with Gasteiger partial charge in [0.2, 0.25) is 0 Å². The van der Waals surface area contributed by atoms with Crippen LogP contribution < -0.4 is 11.3 Å². The Bertz CT molecular complexity index is 321. The molecule has 0 atom stereocenters. The van der Waals surface area contributed by atoms with Gasteiger partial charge in [0.25, 0.3) is 5.56 Å². The Morgan fingerprint density at radius 1 is 1.69 bits per heavy atom. The highest BCUT2D eigenvalue weighted by molar-refractivity contribution is 5.31. The minimum absolute atomic E-state index is 0.170.